The number of nitrogens with zero attached hydrogens (tertiary/aromatic N) is 1. The molecule has 2 atom stereocenters. The minimum absolute atomic E-state index is 0.0544. The predicted molar refractivity (Wildman–Crippen MR) is 112 cm³/mol. The van der Waals surface area contributed by atoms with Crippen LogP contribution in [0, 0.1) is 5.41 Å². The number of amides is 1. The maximum atomic E-state index is 13.1. The van der Waals surface area contributed by atoms with Crippen molar-refractivity contribution in [2.75, 3.05) is 12.3 Å². The number of aliphatic carboxylic acids is 1. The number of carboxylic acids is 1. The summed E-state index contributed by atoms with van der Waals surface area (Å²) >= 11 is 0. The van der Waals surface area contributed by atoms with Crippen molar-refractivity contribution in [3.8, 4) is 0 Å². The van der Waals surface area contributed by atoms with Gasteiger partial charge in [-0.25, -0.2) is 13.2 Å². The van der Waals surface area contributed by atoms with E-state index in [-0.39, 0.29) is 29.8 Å². The third kappa shape index (κ3) is 3.87. The second kappa shape index (κ2) is 7.44. The van der Waals surface area contributed by atoms with Crippen LogP contribution >= 0.6 is 0 Å². The minimum Gasteiger partial charge on any atom is -0.481 e. The summed E-state index contributed by atoms with van der Waals surface area (Å²) in [4.78, 5) is 26.8. The standard InChI is InChI=1S/C21H30N2O6S/c1-5-21(18(24)25)10-11-23(19(26)29-20(2,3)4)17(21)15-12-13(22)6-9-16(15)30(27,28)14-7-8-14/h6,9,12,14,17H,5,7-8,10-11,22H2,1-4H3,(H,24,25)/t17-,21-/m1/s1. The fourth-order valence-electron chi connectivity index (χ4n) is 4.21. The molecule has 1 heterocycles. The average molecular weight is 439 g/mol. The Labute approximate surface area is 177 Å². The number of rotatable bonds is 5. The zero-order chi connectivity index (χ0) is 22.5. The maximum Gasteiger partial charge on any atom is 0.410 e. The normalized spacial score (nSPS) is 24.7. The molecular formula is C21H30N2O6S. The van der Waals surface area contributed by atoms with Crippen LogP contribution in [0.25, 0.3) is 0 Å². The number of carboxylic acid groups (broad SMARTS) is 1. The molecular weight excluding hydrogens is 408 g/mol. The van der Waals surface area contributed by atoms with Crippen molar-refractivity contribution in [2.45, 2.75) is 75.2 Å². The van der Waals surface area contributed by atoms with Crippen LogP contribution < -0.4 is 5.73 Å². The van der Waals surface area contributed by atoms with E-state index < -0.39 is 44.2 Å². The maximum absolute atomic E-state index is 13.1. The molecule has 1 saturated heterocycles. The van der Waals surface area contributed by atoms with Gasteiger partial charge >= 0.3 is 12.1 Å². The quantitative estimate of drug-likeness (QED) is 0.675. The molecule has 3 rings (SSSR count). The Hall–Kier alpha value is -2.29. The topological polar surface area (TPSA) is 127 Å². The predicted octanol–water partition coefficient (Wildman–Crippen LogP) is 3.37. The Kier molecular flexibility index (Phi) is 5.56. The van der Waals surface area contributed by atoms with Gasteiger partial charge in [-0.1, -0.05) is 6.92 Å². The summed E-state index contributed by atoms with van der Waals surface area (Å²) in [6.07, 6.45) is 0.903. The van der Waals surface area contributed by atoms with Crippen LogP contribution in [0.2, 0.25) is 0 Å². The molecule has 1 saturated carbocycles. The Morgan fingerprint density at radius 3 is 2.43 bits per heavy atom. The highest BCUT2D eigenvalue weighted by Gasteiger charge is 2.56. The fraction of sp³-hybridized carbons (Fsp3) is 0.619. The van der Waals surface area contributed by atoms with Gasteiger partial charge in [-0.3, -0.25) is 9.69 Å². The first-order valence-electron chi connectivity index (χ1n) is 10.2. The monoisotopic (exact) mass is 438 g/mol. The molecule has 30 heavy (non-hydrogen) atoms. The van der Waals surface area contributed by atoms with E-state index in [4.69, 9.17) is 10.5 Å². The van der Waals surface area contributed by atoms with Crippen LogP contribution in [0.4, 0.5) is 10.5 Å². The molecule has 1 aromatic carbocycles. The van der Waals surface area contributed by atoms with Crippen LogP contribution in [0.15, 0.2) is 23.1 Å². The van der Waals surface area contributed by atoms with Gasteiger partial charge in [0.2, 0.25) is 0 Å². The van der Waals surface area contributed by atoms with Crippen LogP contribution in [0.1, 0.15) is 65.0 Å². The molecule has 1 amide bonds. The molecule has 0 bridgehead atoms. The summed E-state index contributed by atoms with van der Waals surface area (Å²) in [5, 5.41) is 9.68. The first kappa shape index (κ1) is 22.4. The number of nitrogens with two attached hydrogens (primary N) is 1. The lowest BCUT2D eigenvalue weighted by Gasteiger charge is -2.36. The highest BCUT2D eigenvalue weighted by Crippen LogP contribution is 2.52. The van der Waals surface area contributed by atoms with Gasteiger partial charge in [-0.15, -0.1) is 0 Å². The molecule has 2 aliphatic rings. The summed E-state index contributed by atoms with van der Waals surface area (Å²) in [5.41, 5.74) is 4.44. The molecule has 0 radical (unpaired) electrons. The summed E-state index contributed by atoms with van der Waals surface area (Å²) in [6, 6.07) is 3.43. The van der Waals surface area contributed by atoms with Crippen molar-refractivity contribution >= 4 is 27.6 Å². The summed E-state index contributed by atoms with van der Waals surface area (Å²) in [5.74, 6) is -1.07. The number of sulfone groups is 1. The third-order valence-electron chi connectivity index (χ3n) is 5.92. The molecule has 0 unspecified atom stereocenters. The number of nitrogen functional groups attached to an aromatic ring is 1. The lowest BCUT2D eigenvalue weighted by molar-refractivity contribution is -0.151. The van der Waals surface area contributed by atoms with Crippen molar-refractivity contribution in [1.82, 2.24) is 4.90 Å². The van der Waals surface area contributed by atoms with Gasteiger partial charge in [-0.05, 0) is 70.2 Å². The highest BCUT2D eigenvalue weighted by atomic mass is 32.2. The average Bonchev–Trinajstić information content (AvgIpc) is 3.40. The molecule has 1 aliphatic heterocycles. The molecule has 1 aromatic rings. The van der Waals surface area contributed by atoms with E-state index in [0.717, 1.165) is 0 Å². The van der Waals surface area contributed by atoms with Gasteiger partial charge in [0.25, 0.3) is 0 Å². The molecule has 9 heteroatoms. The molecule has 3 N–H and O–H groups in total. The molecule has 1 aliphatic carbocycles. The largest absolute Gasteiger partial charge is 0.481 e. The van der Waals surface area contributed by atoms with Gasteiger partial charge in [0, 0.05) is 12.2 Å². The lowest BCUT2D eigenvalue weighted by Crippen LogP contribution is -2.42. The number of benzene rings is 1. The van der Waals surface area contributed by atoms with Crippen LogP contribution in [-0.2, 0) is 19.4 Å². The number of hydrogen-bond acceptors (Lipinski definition) is 6. The van der Waals surface area contributed by atoms with Crippen LogP contribution in [0.3, 0.4) is 0 Å². The van der Waals surface area contributed by atoms with Gasteiger partial charge in [0.05, 0.1) is 21.6 Å². The highest BCUT2D eigenvalue weighted by molar-refractivity contribution is 7.92. The SMILES string of the molecule is CC[C@@]1(C(=O)O)CCN(C(=O)OC(C)(C)C)[C@@H]1c1cc(N)ccc1S(=O)(=O)C1CC1. The zero-order valence-corrected chi connectivity index (χ0v) is 18.7. The molecule has 8 nitrogen and oxygen atoms in total. The van der Waals surface area contributed by atoms with Crippen molar-refractivity contribution < 1.29 is 27.9 Å². The van der Waals surface area contributed by atoms with E-state index in [1.165, 1.54) is 23.1 Å². The third-order valence-corrected chi connectivity index (χ3v) is 8.25. The number of anilines is 1. The van der Waals surface area contributed by atoms with Crippen LogP contribution in [0.5, 0.6) is 0 Å². The Bertz CT molecular complexity index is 964. The first-order valence-corrected chi connectivity index (χ1v) is 11.7. The lowest BCUT2D eigenvalue weighted by atomic mass is 9.75. The second-order valence-electron chi connectivity index (χ2n) is 9.18. The van der Waals surface area contributed by atoms with Gasteiger partial charge in [-0.2, -0.15) is 0 Å². The Morgan fingerprint density at radius 2 is 1.93 bits per heavy atom. The Balaban J connectivity index is 2.20. The van der Waals surface area contributed by atoms with Crippen molar-refractivity contribution in [2.24, 2.45) is 5.41 Å². The van der Waals surface area contributed by atoms with E-state index >= 15 is 0 Å². The zero-order valence-electron chi connectivity index (χ0n) is 17.8. The van der Waals surface area contributed by atoms with E-state index in [2.05, 4.69) is 0 Å². The molecule has 166 valence electrons. The number of hydrogen-bond donors (Lipinski definition) is 2. The second-order valence-corrected chi connectivity index (χ2v) is 11.4. The van der Waals surface area contributed by atoms with E-state index in [1.54, 1.807) is 27.7 Å². The number of carbonyl (C=O) groups is 2. The summed E-state index contributed by atoms with van der Waals surface area (Å²) < 4.78 is 31.8. The van der Waals surface area contributed by atoms with E-state index in [1.807, 2.05) is 0 Å². The van der Waals surface area contributed by atoms with Gasteiger partial charge in [0.1, 0.15) is 5.60 Å². The minimum atomic E-state index is -3.65. The van der Waals surface area contributed by atoms with E-state index in [9.17, 15) is 23.1 Å². The van der Waals surface area contributed by atoms with Crippen molar-refractivity contribution in [3.63, 3.8) is 0 Å². The molecule has 0 aromatic heterocycles. The molecule has 0 spiro atoms. The Morgan fingerprint density at radius 1 is 1.30 bits per heavy atom. The summed E-state index contributed by atoms with van der Waals surface area (Å²) in [7, 11) is -3.65. The molecule has 2 fully saturated rings. The fourth-order valence-corrected chi connectivity index (χ4v) is 6.08. The van der Waals surface area contributed by atoms with Crippen molar-refractivity contribution in [1.29, 1.82) is 0 Å². The number of carbonyl (C=O) groups excluding carboxylic acids is 1. The smallest absolute Gasteiger partial charge is 0.410 e. The number of likely N-dealkylation sites (tertiary alicyclic amines) is 1. The van der Waals surface area contributed by atoms with Crippen molar-refractivity contribution in [3.05, 3.63) is 23.8 Å². The first-order chi connectivity index (χ1) is 13.8. The van der Waals surface area contributed by atoms with Gasteiger partial charge < -0.3 is 15.6 Å². The van der Waals surface area contributed by atoms with Gasteiger partial charge in [0.15, 0.2) is 9.84 Å². The van der Waals surface area contributed by atoms with E-state index in [0.29, 0.717) is 18.5 Å². The number of ether oxygens (including phenoxy) is 1. The summed E-state index contributed by atoms with van der Waals surface area (Å²) in [6.45, 7) is 7.07. The van der Waals surface area contributed by atoms with Crippen LogP contribution in [-0.4, -0.2) is 47.9 Å².